The van der Waals surface area contributed by atoms with Crippen molar-refractivity contribution in [2.75, 3.05) is 5.43 Å². The van der Waals surface area contributed by atoms with Crippen LogP contribution < -0.4 is 5.43 Å². The number of hydrogen-bond acceptors (Lipinski definition) is 6. The van der Waals surface area contributed by atoms with Gasteiger partial charge in [-0.05, 0) is 17.5 Å². The van der Waals surface area contributed by atoms with Crippen LogP contribution in [0.2, 0.25) is 0 Å². The molecule has 5 nitrogen and oxygen atoms in total. The Morgan fingerprint density at radius 3 is 2.86 bits per heavy atom. The predicted molar refractivity (Wildman–Crippen MR) is 91.6 cm³/mol. The largest absolute Gasteiger partial charge is 0.264 e. The van der Waals surface area contributed by atoms with Crippen LogP contribution in [0.3, 0.4) is 0 Å². The van der Waals surface area contributed by atoms with Crippen LogP contribution in [0.1, 0.15) is 31.2 Å². The van der Waals surface area contributed by atoms with E-state index in [1.54, 1.807) is 36.3 Å². The first-order chi connectivity index (χ1) is 10.5. The summed E-state index contributed by atoms with van der Waals surface area (Å²) < 4.78 is 0. The summed E-state index contributed by atoms with van der Waals surface area (Å²) in [5.41, 5.74) is 4.03. The third-order valence-corrected chi connectivity index (χ3v) is 4.61. The zero-order valence-electron chi connectivity index (χ0n) is 12.7. The lowest BCUT2D eigenvalue weighted by atomic mass is 9.94. The molecule has 0 spiro atoms. The van der Waals surface area contributed by atoms with Crippen molar-refractivity contribution in [3.05, 3.63) is 47.4 Å². The lowest BCUT2D eigenvalue weighted by Crippen LogP contribution is -2.07. The van der Waals surface area contributed by atoms with Gasteiger partial charge in [0.05, 0.1) is 11.6 Å². The van der Waals surface area contributed by atoms with E-state index in [0.717, 1.165) is 21.6 Å². The van der Waals surface area contributed by atoms with Crippen molar-refractivity contribution < 1.29 is 0 Å². The summed E-state index contributed by atoms with van der Waals surface area (Å²) in [7, 11) is 0. The first-order valence-electron chi connectivity index (χ1n) is 6.98. The SMILES string of the molecule is CC(C)(C)c1cc2c(N/N=C\c3cccnc3)ncnc2s1. The van der Waals surface area contributed by atoms with Crippen LogP contribution in [0, 0.1) is 0 Å². The van der Waals surface area contributed by atoms with Gasteiger partial charge in [-0.3, -0.25) is 10.4 Å². The molecule has 0 fully saturated rings. The Kier molecular flexibility index (Phi) is 3.85. The molecule has 1 N–H and O–H groups in total. The molecule has 22 heavy (non-hydrogen) atoms. The zero-order chi connectivity index (χ0) is 15.6. The highest BCUT2D eigenvalue weighted by Crippen LogP contribution is 2.35. The van der Waals surface area contributed by atoms with E-state index < -0.39 is 0 Å². The molecule has 0 amide bonds. The first kappa shape index (κ1) is 14.6. The van der Waals surface area contributed by atoms with Gasteiger partial charge >= 0.3 is 0 Å². The van der Waals surface area contributed by atoms with Crippen molar-refractivity contribution in [1.29, 1.82) is 0 Å². The molecule has 6 heteroatoms. The Hall–Kier alpha value is -2.34. The lowest BCUT2D eigenvalue weighted by Gasteiger charge is -2.14. The number of aromatic nitrogens is 3. The third kappa shape index (κ3) is 3.12. The highest BCUT2D eigenvalue weighted by atomic mass is 32.1. The minimum atomic E-state index is 0.0988. The molecule has 0 saturated heterocycles. The molecule has 0 atom stereocenters. The molecule has 0 radical (unpaired) electrons. The van der Waals surface area contributed by atoms with Gasteiger partial charge in [-0.2, -0.15) is 5.10 Å². The summed E-state index contributed by atoms with van der Waals surface area (Å²) in [5, 5.41) is 5.23. The number of hydrazone groups is 1. The van der Waals surface area contributed by atoms with Gasteiger partial charge in [-0.1, -0.05) is 26.8 Å². The summed E-state index contributed by atoms with van der Waals surface area (Å²) >= 11 is 1.70. The Morgan fingerprint density at radius 1 is 1.27 bits per heavy atom. The molecule has 3 aromatic heterocycles. The van der Waals surface area contributed by atoms with Gasteiger partial charge in [0.1, 0.15) is 11.2 Å². The van der Waals surface area contributed by atoms with Crippen LogP contribution in [-0.2, 0) is 5.41 Å². The van der Waals surface area contributed by atoms with Gasteiger partial charge in [-0.15, -0.1) is 11.3 Å². The van der Waals surface area contributed by atoms with Crippen molar-refractivity contribution in [1.82, 2.24) is 15.0 Å². The van der Waals surface area contributed by atoms with Gasteiger partial charge in [0.15, 0.2) is 5.82 Å². The number of pyridine rings is 1. The molecule has 0 aromatic carbocycles. The van der Waals surface area contributed by atoms with Crippen molar-refractivity contribution in [2.45, 2.75) is 26.2 Å². The monoisotopic (exact) mass is 311 g/mol. The Bertz CT molecular complexity index is 802. The van der Waals surface area contributed by atoms with E-state index in [1.165, 1.54) is 4.88 Å². The predicted octanol–water partition coefficient (Wildman–Crippen LogP) is 3.83. The van der Waals surface area contributed by atoms with Crippen LogP contribution in [0.15, 0.2) is 42.0 Å². The number of rotatable bonds is 3. The van der Waals surface area contributed by atoms with E-state index in [2.05, 4.69) is 52.3 Å². The second-order valence-electron chi connectivity index (χ2n) is 5.96. The van der Waals surface area contributed by atoms with Crippen LogP contribution in [0.5, 0.6) is 0 Å². The van der Waals surface area contributed by atoms with Crippen molar-refractivity contribution >= 4 is 33.6 Å². The van der Waals surface area contributed by atoms with Crippen LogP contribution >= 0.6 is 11.3 Å². The summed E-state index contributed by atoms with van der Waals surface area (Å²) in [6.45, 7) is 6.58. The van der Waals surface area contributed by atoms with Gasteiger partial charge in [-0.25, -0.2) is 9.97 Å². The van der Waals surface area contributed by atoms with E-state index in [0.29, 0.717) is 0 Å². The molecule has 0 aliphatic heterocycles. The summed E-state index contributed by atoms with van der Waals surface area (Å²) in [6, 6.07) is 5.96. The Morgan fingerprint density at radius 2 is 2.14 bits per heavy atom. The minimum absolute atomic E-state index is 0.0988. The molecule has 0 aliphatic rings. The fourth-order valence-electron chi connectivity index (χ4n) is 1.93. The second kappa shape index (κ2) is 5.81. The van der Waals surface area contributed by atoms with E-state index in [-0.39, 0.29) is 5.41 Å². The Balaban J connectivity index is 1.88. The van der Waals surface area contributed by atoms with Crippen LogP contribution in [0.25, 0.3) is 10.2 Å². The zero-order valence-corrected chi connectivity index (χ0v) is 13.6. The average molecular weight is 311 g/mol. The summed E-state index contributed by atoms with van der Waals surface area (Å²) in [5.74, 6) is 0.719. The molecule has 3 heterocycles. The van der Waals surface area contributed by atoms with Gasteiger partial charge in [0.2, 0.25) is 0 Å². The number of nitrogens with zero attached hydrogens (tertiary/aromatic N) is 4. The highest BCUT2D eigenvalue weighted by molar-refractivity contribution is 7.18. The number of nitrogens with one attached hydrogen (secondary N) is 1. The normalized spacial score (nSPS) is 12.1. The molecule has 112 valence electrons. The van der Waals surface area contributed by atoms with Gasteiger partial charge < -0.3 is 0 Å². The molecule has 0 unspecified atom stereocenters. The average Bonchev–Trinajstić information content (AvgIpc) is 2.93. The molecule has 3 rings (SSSR count). The highest BCUT2D eigenvalue weighted by Gasteiger charge is 2.18. The number of hydrogen-bond donors (Lipinski definition) is 1. The van der Waals surface area contributed by atoms with Gasteiger partial charge in [0, 0.05) is 22.8 Å². The van der Waals surface area contributed by atoms with Crippen LogP contribution in [0.4, 0.5) is 5.82 Å². The maximum absolute atomic E-state index is 4.35. The third-order valence-electron chi connectivity index (χ3n) is 3.14. The summed E-state index contributed by atoms with van der Waals surface area (Å²) in [6.07, 6.45) is 6.77. The number of thiophene rings is 1. The standard InChI is InChI=1S/C16H17N5S/c1-16(2,3)13-7-12-14(18-10-19-15(12)22-13)21-20-9-11-5-4-6-17-8-11/h4-10H,1-3H3,(H,18,19,21)/b20-9-. The maximum Gasteiger partial charge on any atom is 0.158 e. The smallest absolute Gasteiger partial charge is 0.158 e. The van der Waals surface area contributed by atoms with Gasteiger partial charge in [0.25, 0.3) is 0 Å². The van der Waals surface area contributed by atoms with E-state index >= 15 is 0 Å². The quantitative estimate of drug-likeness (QED) is 0.590. The summed E-state index contributed by atoms with van der Waals surface area (Å²) in [4.78, 5) is 14.9. The Labute approximate surface area is 133 Å². The maximum atomic E-state index is 4.35. The topological polar surface area (TPSA) is 63.1 Å². The van der Waals surface area contributed by atoms with E-state index in [4.69, 9.17) is 0 Å². The molecule has 3 aromatic rings. The van der Waals surface area contributed by atoms with Crippen molar-refractivity contribution in [3.63, 3.8) is 0 Å². The molecule has 0 aliphatic carbocycles. The fraction of sp³-hybridized carbons (Fsp3) is 0.250. The molecule has 0 bridgehead atoms. The first-order valence-corrected chi connectivity index (χ1v) is 7.80. The molecular weight excluding hydrogens is 294 g/mol. The number of anilines is 1. The van der Waals surface area contributed by atoms with Crippen molar-refractivity contribution in [2.24, 2.45) is 5.10 Å². The van der Waals surface area contributed by atoms with E-state index in [9.17, 15) is 0 Å². The fourth-order valence-corrected chi connectivity index (χ4v) is 2.99. The minimum Gasteiger partial charge on any atom is -0.264 e. The second-order valence-corrected chi connectivity index (χ2v) is 6.99. The lowest BCUT2D eigenvalue weighted by molar-refractivity contribution is 0.604. The van der Waals surface area contributed by atoms with Crippen molar-refractivity contribution in [3.8, 4) is 0 Å². The molecular formula is C16H17N5S. The van der Waals surface area contributed by atoms with Crippen LogP contribution in [-0.4, -0.2) is 21.2 Å². The molecule has 0 saturated carbocycles. The number of fused-ring (bicyclic) bond motifs is 1. The van der Waals surface area contributed by atoms with E-state index in [1.807, 2.05) is 12.1 Å².